The van der Waals surface area contributed by atoms with Crippen molar-refractivity contribution in [3.63, 3.8) is 0 Å². The van der Waals surface area contributed by atoms with E-state index in [1.165, 1.54) is 21.9 Å². The van der Waals surface area contributed by atoms with Crippen molar-refractivity contribution in [1.82, 2.24) is 0 Å². The Morgan fingerprint density at radius 2 is 1.14 bits per heavy atom. The molecule has 3 rings (SSSR count). The number of hydrogen-bond donors (Lipinski definition) is 0. The van der Waals surface area contributed by atoms with E-state index < -0.39 is 8.07 Å². The van der Waals surface area contributed by atoms with Gasteiger partial charge in [-0.1, -0.05) is 78.9 Å². The fraction of sp³-hybridized carbons (Fsp3) is 0.0526. The quantitative estimate of drug-likeness (QED) is 0.632. The number of nitrogens with zero attached hydrogens (tertiary/aromatic N) is 1. The number of anilines is 1. The second-order valence-corrected chi connectivity index (χ2v) is 8.15. The zero-order valence-electron chi connectivity index (χ0n) is 12.6. The van der Waals surface area contributed by atoms with Gasteiger partial charge in [0.2, 0.25) is 0 Å². The Morgan fingerprint density at radius 1 is 0.682 bits per heavy atom. The monoisotopic (exact) mass is 323 g/mol. The summed E-state index contributed by atoms with van der Waals surface area (Å²) in [5.41, 5.74) is 2.54. The van der Waals surface area contributed by atoms with Crippen molar-refractivity contribution in [2.75, 3.05) is 4.44 Å². The van der Waals surface area contributed by atoms with E-state index in [1.54, 1.807) is 0 Å². The third-order valence-corrected chi connectivity index (χ3v) is 6.77. The lowest BCUT2D eigenvalue weighted by atomic mass is 10.2. The van der Waals surface area contributed by atoms with Gasteiger partial charge in [-0.15, -0.1) is 0 Å². The predicted octanol–water partition coefficient (Wildman–Crippen LogP) is 4.64. The second-order valence-electron chi connectivity index (χ2n) is 5.11. The molecule has 0 bridgehead atoms. The van der Waals surface area contributed by atoms with Crippen LogP contribution in [0, 0.1) is 6.92 Å². The van der Waals surface area contributed by atoms with E-state index in [-0.39, 0.29) is 0 Å². The number of benzene rings is 3. The highest BCUT2D eigenvalue weighted by atomic mass is 31.2. The van der Waals surface area contributed by atoms with Gasteiger partial charge in [-0.2, -0.15) is 0 Å². The molecule has 0 aromatic heterocycles. The number of aryl methyl sites for hydroxylation is 1. The molecule has 1 unspecified atom stereocenters. The van der Waals surface area contributed by atoms with Crippen molar-refractivity contribution in [1.29, 1.82) is 0 Å². The maximum absolute atomic E-state index is 2.93. The molecule has 1 nitrogen and oxygen atoms in total. The van der Waals surface area contributed by atoms with Crippen molar-refractivity contribution in [3.05, 3.63) is 90.5 Å². The van der Waals surface area contributed by atoms with Gasteiger partial charge in [0.05, 0.1) is 8.07 Å². The van der Waals surface area contributed by atoms with Crippen LogP contribution >= 0.6 is 17.5 Å². The minimum Gasteiger partial charge on any atom is -0.327 e. The van der Waals surface area contributed by atoms with E-state index in [0.717, 1.165) is 0 Å². The largest absolute Gasteiger partial charge is 0.327 e. The maximum Gasteiger partial charge on any atom is 0.0580 e. The normalized spacial score (nSPS) is 10.7. The summed E-state index contributed by atoms with van der Waals surface area (Å²) < 4.78 is 2.34. The molecular formula is C19H19NP2. The maximum atomic E-state index is 2.93. The number of para-hydroxylation sites is 1. The minimum atomic E-state index is -0.608. The Hall–Kier alpha value is -1.68. The van der Waals surface area contributed by atoms with Crippen molar-refractivity contribution in [2.45, 2.75) is 6.92 Å². The topological polar surface area (TPSA) is 3.24 Å². The van der Waals surface area contributed by atoms with E-state index >= 15 is 0 Å². The molecule has 3 aromatic rings. The zero-order chi connectivity index (χ0) is 15.4. The van der Waals surface area contributed by atoms with Gasteiger partial charge >= 0.3 is 0 Å². The molecule has 22 heavy (non-hydrogen) atoms. The molecule has 0 heterocycles. The van der Waals surface area contributed by atoms with Crippen LogP contribution < -0.4 is 15.1 Å². The summed E-state index contributed by atoms with van der Waals surface area (Å²) in [5, 5.41) is 2.70. The van der Waals surface area contributed by atoms with Crippen molar-refractivity contribution >= 4 is 33.8 Å². The summed E-state index contributed by atoms with van der Waals surface area (Å²) in [7, 11) is 2.32. The molecular weight excluding hydrogens is 304 g/mol. The molecule has 0 radical (unpaired) electrons. The lowest BCUT2D eigenvalue weighted by molar-refractivity contribution is 1.43. The molecule has 0 aliphatic heterocycles. The molecule has 0 N–H and O–H groups in total. The Kier molecular flexibility index (Phi) is 4.88. The van der Waals surface area contributed by atoms with Gasteiger partial charge in [0.15, 0.2) is 0 Å². The molecule has 3 heteroatoms. The highest BCUT2D eigenvalue weighted by molar-refractivity contribution is 7.79. The minimum absolute atomic E-state index is 0.608. The van der Waals surface area contributed by atoms with Crippen LogP contribution in [-0.4, -0.2) is 0 Å². The molecule has 1 atom stereocenters. The van der Waals surface area contributed by atoms with Crippen LogP contribution in [0.25, 0.3) is 0 Å². The van der Waals surface area contributed by atoms with Crippen LogP contribution in [0.15, 0.2) is 84.9 Å². The molecule has 0 saturated carbocycles. The van der Waals surface area contributed by atoms with Gasteiger partial charge in [-0.3, -0.25) is 0 Å². The van der Waals surface area contributed by atoms with Crippen LogP contribution in [0.1, 0.15) is 5.56 Å². The zero-order valence-corrected chi connectivity index (χ0v) is 14.6. The van der Waals surface area contributed by atoms with Crippen LogP contribution in [-0.2, 0) is 0 Å². The lowest BCUT2D eigenvalue weighted by Gasteiger charge is -2.31. The highest BCUT2D eigenvalue weighted by Gasteiger charge is 2.20. The standard InChI is InChI=1S/C19H19NP2/c1-16-10-8-9-15-19(16)20(21)22(17-11-4-2-5-12-17)18-13-6-3-7-14-18/h2-15H,21H2,1H3. The third kappa shape index (κ3) is 3.22. The summed E-state index contributed by atoms with van der Waals surface area (Å²) in [5.74, 6) is 0. The second kappa shape index (κ2) is 7.05. The van der Waals surface area contributed by atoms with Crippen molar-refractivity contribution in [3.8, 4) is 0 Å². The highest BCUT2D eigenvalue weighted by Crippen LogP contribution is 2.45. The first-order valence-electron chi connectivity index (χ1n) is 7.28. The van der Waals surface area contributed by atoms with Crippen molar-refractivity contribution in [2.24, 2.45) is 0 Å². The summed E-state index contributed by atoms with van der Waals surface area (Å²) in [6, 6.07) is 30.0. The molecule has 0 fully saturated rings. The fourth-order valence-electron chi connectivity index (χ4n) is 2.46. The average Bonchev–Trinajstić information content (AvgIpc) is 2.57. The molecule has 110 valence electrons. The molecule has 0 aliphatic carbocycles. The van der Waals surface area contributed by atoms with E-state index in [9.17, 15) is 0 Å². The van der Waals surface area contributed by atoms with Crippen molar-refractivity contribution < 1.29 is 0 Å². The number of rotatable bonds is 4. The summed E-state index contributed by atoms with van der Waals surface area (Å²) in [4.78, 5) is 0. The van der Waals surface area contributed by atoms with Crippen LogP contribution in [0.4, 0.5) is 5.69 Å². The van der Waals surface area contributed by atoms with Gasteiger partial charge < -0.3 is 4.44 Å². The van der Waals surface area contributed by atoms with Crippen LogP contribution in [0.3, 0.4) is 0 Å². The summed E-state index contributed by atoms with van der Waals surface area (Å²) in [6.45, 7) is 2.16. The summed E-state index contributed by atoms with van der Waals surface area (Å²) in [6.07, 6.45) is 0. The van der Waals surface area contributed by atoms with E-state index in [0.29, 0.717) is 0 Å². The van der Waals surface area contributed by atoms with Gasteiger partial charge in [-0.25, -0.2) is 0 Å². The third-order valence-electron chi connectivity index (χ3n) is 3.58. The molecule has 3 aromatic carbocycles. The molecule has 0 saturated heterocycles. The van der Waals surface area contributed by atoms with Crippen LogP contribution in [0.2, 0.25) is 0 Å². The van der Waals surface area contributed by atoms with Gasteiger partial charge in [0, 0.05) is 16.3 Å². The van der Waals surface area contributed by atoms with E-state index in [1.807, 2.05) is 0 Å². The Morgan fingerprint density at radius 3 is 1.64 bits per heavy atom. The smallest absolute Gasteiger partial charge is 0.0580 e. The molecule has 0 spiro atoms. The SMILES string of the molecule is Cc1ccccc1N(P)P(c1ccccc1)c1ccccc1. The first kappa shape index (κ1) is 15.2. The first-order valence-corrected chi connectivity index (χ1v) is 9.09. The first-order chi connectivity index (χ1) is 10.8. The van der Waals surface area contributed by atoms with E-state index in [4.69, 9.17) is 0 Å². The molecule has 0 amide bonds. The Balaban J connectivity index is 2.08. The average molecular weight is 323 g/mol. The van der Waals surface area contributed by atoms with Gasteiger partial charge in [0.1, 0.15) is 0 Å². The van der Waals surface area contributed by atoms with Gasteiger partial charge in [-0.05, 0) is 27.9 Å². The van der Waals surface area contributed by atoms with Crippen LogP contribution in [0.5, 0.6) is 0 Å². The lowest BCUT2D eigenvalue weighted by Crippen LogP contribution is -2.21. The Bertz CT molecular complexity index is 689. The summed E-state index contributed by atoms with van der Waals surface area (Å²) >= 11 is 0. The Labute approximate surface area is 136 Å². The predicted molar refractivity (Wildman–Crippen MR) is 102 cm³/mol. The fourth-order valence-corrected chi connectivity index (χ4v) is 5.70. The molecule has 0 aliphatic rings. The number of hydrogen-bond acceptors (Lipinski definition) is 1. The van der Waals surface area contributed by atoms with Gasteiger partial charge in [0.25, 0.3) is 0 Å². The van der Waals surface area contributed by atoms with E-state index in [2.05, 4.69) is 106 Å².